The number of methoxy groups -OCH3 is 1. The monoisotopic (exact) mass is 219 g/mol. The van der Waals surface area contributed by atoms with E-state index in [-0.39, 0.29) is 11.7 Å². The van der Waals surface area contributed by atoms with Gasteiger partial charge in [-0.25, -0.2) is 0 Å². The highest BCUT2D eigenvalue weighted by Crippen LogP contribution is 2.25. The molecule has 3 nitrogen and oxygen atoms in total. The molecule has 1 N–H and O–H groups in total. The topological polar surface area (TPSA) is 38.3 Å². The van der Waals surface area contributed by atoms with E-state index in [4.69, 9.17) is 4.74 Å². The quantitative estimate of drug-likeness (QED) is 0.784. The smallest absolute Gasteiger partial charge is 0.169 e. The van der Waals surface area contributed by atoms with Crippen LogP contribution in [0.3, 0.4) is 0 Å². The number of Topliss-reactive ketones (excluding diaryl/α,β-unsaturated/α-hetero) is 1. The molecule has 1 aliphatic rings. The van der Waals surface area contributed by atoms with Crippen LogP contribution < -0.4 is 10.1 Å². The van der Waals surface area contributed by atoms with Crippen LogP contribution >= 0.6 is 0 Å². The summed E-state index contributed by atoms with van der Waals surface area (Å²) in [6.07, 6.45) is 0. The predicted molar refractivity (Wildman–Crippen MR) is 62.8 cm³/mol. The normalized spacial score (nSPS) is 17.6. The Morgan fingerprint density at radius 2 is 2.12 bits per heavy atom. The molecule has 0 saturated carbocycles. The molecule has 0 bridgehead atoms. The van der Waals surface area contributed by atoms with Crippen LogP contribution in [0.15, 0.2) is 24.3 Å². The fourth-order valence-corrected chi connectivity index (χ4v) is 1.97. The number of carbonyl (C=O) groups excluding carboxylic acids is 1. The summed E-state index contributed by atoms with van der Waals surface area (Å²) in [4.78, 5) is 12.3. The van der Waals surface area contributed by atoms with E-state index in [1.807, 2.05) is 31.2 Å². The molecule has 2 rings (SSSR count). The zero-order chi connectivity index (χ0) is 11.5. The first-order valence-electron chi connectivity index (χ1n) is 5.62. The molecule has 1 aromatic carbocycles. The highest BCUT2D eigenvalue weighted by Gasteiger charge is 2.30. The fraction of sp³-hybridized carbons (Fsp3) is 0.462. The third-order valence-corrected chi connectivity index (χ3v) is 3.31. The maximum atomic E-state index is 12.3. The van der Waals surface area contributed by atoms with Gasteiger partial charge >= 0.3 is 0 Å². The summed E-state index contributed by atoms with van der Waals surface area (Å²) in [6.45, 7) is 3.89. The minimum Gasteiger partial charge on any atom is -0.496 e. The van der Waals surface area contributed by atoms with Crippen LogP contribution in [-0.2, 0) is 0 Å². The van der Waals surface area contributed by atoms with Crippen LogP contribution in [0.2, 0.25) is 0 Å². The lowest BCUT2D eigenvalue weighted by atomic mass is 9.83. The Hall–Kier alpha value is -1.35. The molecule has 0 radical (unpaired) electrons. The largest absolute Gasteiger partial charge is 0.496 e. The van der Waals surface area contributed by atoms with Crippen LogP contribution in [0, 0.1) is 11.8 Å². The number of benzene rings is 1. The number of hydrogen-bond acceptors (Lipinski definition) is 3. The number of rotatable bonds is 4. The third-order valence-electron chi connectivity index (χ3n) is 3.31. The summed E-state index contributed by atoms with van der Waals surface area (Å²) >= 11 is 0. The molecule has 1 saturated heterocycles. The number of carbonyl (C=O) groups is 1. The van der Waals surface area contributed by atoms with Crippen LogP contribution in [-0.4, -0.2) is 26.0 Å². The molecule has 0 aliphatic carbocycles. The van der Waals surface area contributed by atoms with E-state index >= 15 is 0 Å². The molecular formula is C13H17NO2. The van der Waals surface area contributed by atoms with Crippen molar-refractivity contribution in [2.24, 2.45) is 11.8 Å². The second kappa shape index (κ2) is 4.66. The van der Waals surface area contributed by atoms with Crippen molar-refractivity contribution in [1.29, 1.82) is 0 Å². The molecule has 1 atom stereocenters. The molecule has 1 aromatic rings. The van der Waals surface area contributed by atoms with Gasteiger partial charge in [0.25, 0.3) is 0 Å². The van der Waals surface area contributed by atoms with Gasteiger partial charge in [-0.05, 0) is 31.1 Å². The van der Waals surface area contributed by atoms with E-state index in [0.717, 1.165) is 13.1 Å². The van der Waals surface area contributed by atoms with Gasteiger partial charge in [-0.15, -0.1) is 0 Å². The summed E-state index contributed by atoms with van der Waals surface area (Å²) in [6, 6.07) is 7.43. The van der Waals surface area contributed by atoms with Crippen molar-refractivity contribution >= 4 is 5.78 Å². The molecule has 1 aliphatic heterocycles. The second-order valence-corrected chi connectivity index (χ2v) is 4.27. The Kier molecular flexibility index (Phi) is 3.25. The summed E-state index contributed by atoms with van der Waals surface area (Å²) in [5.74, 6) is 1.39. The van der Waals surface area contributed by atoms with Gasteiger partial charge in [0.1, 0.15) is 5.75 Å². The van der Waals surface area contributed by atoms with E-state index in [1.54, 1.807) is 7.11 Å². The summed E-state index contributed by atoms with van der Waals surface area (Å²) in [5, 5.41) is 3.19. The average molecular weight is 219 g/mol. The number of para-hydroxylation sites is 1. The number of hydrogen-bond donors (Lipinski definition) is 1. The van der Waals surface area contributed by atoms with Crippen molar-refractivity contribution in [3.05, 3.63) is 29.8 Å². The van der Waals surface area contributed by atoms with Gasteiger partial charge < -0.3 is 10.1 Å². The van der Waals surface area contributed by atoms with Gasteiger partial charge in [0, 0.05) is 5.92 Å². The average Bonchev–Trinajstić information content (AvgIpc) is 2.25. The van der Waals surface area contributed by atoms with E-state index in [0.29, 0.717) is 17.2 Å². The zero-order valence-corrected chi connectivity index (χ0v) is 9.69. The maximum Gasteiger partial charge on any atom is 0.169 e. The molecule has 0 amide bonds. The van der Waals surface area contributed by atoms with Crippen molar-refractivity contribution in [1.82, 2.24) is 5.32 Å². The lowest BCUT2D eigenvalue weighted by Crippen LogP contribution is -2.47. The predicted octanol–water partition coefficient (Wildman–Crippen LogP) is 1.73. The van der Waals surface area contributed by atoms with Crippen molar-refractivity contribution in [2.75, 3.05) is 20.2 Å². The van der Waals surface area contributed by atoms with Gasteiger partial charge in [-0.2, -0.15) is 0 Å². The summed E-state index contributed by atoms with van der Waals surface area (Å²) < 4.78 is 5.21. The molecule has 16 heavy (non-hydrogen) atoms. The van der Waals surface area contributed by atoms with Crippen molar-refractivity contribution < 1.29 is 9.53 Å². The molecule has 1 heterocycles. The van der Waals surface area contributed by atoms with E-state index in [2.05, 4.69) is 5.32 Å². The molecular weight excluding hydrogens is 202 g/mol. The molecule has 0 aromatic heterocycles. The first-order valence-corrected chi connectivity index (χ1v) is 5.62. The Morgan fingerprint density at radius 1 is 1.44 bits per heavy atom. The van der Waals surface area contributed by atoms with Crippen LogP contribution in [0.4, 0.5) is 0 Å². The maximum absolute atomic E-state index is 12.3. The Morgan fingerprint density at radius 3 is 2.69 bits per heavy atom. The SMILES string of the molecule is COc1ccccc1C(=O)C(C)C1CNC1. The Balaban J connectivity index is 2.19. The Bertz CT molecular complexity index is 385. The molecule has 1 fully saturated rings. The summed E-state index contributed by atoms with van der Waals surface area (Å²) in [5.41, 5.74) is 0.699. The van der Waals surface area contributed by atoms with E-state index in [1.165, 1.54) is 0 Å². The fourth-order valence-electron chi connectivity index (χ4n) is 1.97. The van der Waals surface area contributed by atoms with Gasteiger partial charge in [0.05, 0.1) is 12.7 Å². The van der Waals surface area contributed by atoms with Crippen LogP contribution in [0.25, 0.3) is 0 Å². The minimum atomic E-state index is 0.0672. The van der Waals surface area contributed by atoms with Gasteiger partial charge in [0.15, 0.2) is 5.78 Å². The van der Waals surface area contributed by atoms with Crippen molar-refractivity contribution in [3.8, 4) is 5.75 Å². The zero-order valence-electron chi connectivity index (χ0n) is 9.69. The lowest BCUT2D eigenvalue weighted by molar-refractivity contribution is 0.0851. The van der Waals surface area contributed by atoms with E-state index in [9.17, 15) is 4.79 Å². The summed E-state index contributed by atoms with van der Waals surface area (Å²) in [7, 11) is 1.60. The molecule has 3 heteroatoms. The van der Waals surface area contributed by atoms with Crippen molar-refractivity contribution in [2.45, 2.75) is 6.92 Å². The third kappa shape index (κ3) is 1.95. The minimum absolute atomic E-state index is 0.0672. The number of ketones is 1. The first-order chi connectivity index (χ1) is 7.74. The number of nitrogens with one attached hydrogen (secondary N) is 1. The standard InChI is InChI=1S/C13H17NO2/c1-9(10-7-14-8-10)13(15)11-5-3-4-6-12(11)16-2/h3-6,9-10,14H,7-8H2,1-2H3. The van der Waals surface area contributed by atoms with Crippen LogP contribution in [0.1, 0.15) is 17.3 Å². The highest BCUT2D eigenvalue weighted by atomic mass is 16.5. The van der Waals surface area contributed by atoms with Crippen LogP contribution in [0.5, 0.6) is 5.75 Å². The van der Waals surface area contributed by atoms with Gasteiger partial charge in [0.2, 0.25) is 0 Å². The molecule has 86 valence electrons. The number of ether oxygens (including phenoxy) is 1. The van der Waals surface area contributed by atoms with Gasteiger partial charge in [-0.3, -0.25) is 4.79 Å². The highest BCUT2D eigenvalue weighted by molar-refractivity contribution is 6.00. The van der Waals surface area contributed by atoms with E-state index < -0.39 is 0 Å². The van der Waals surface area contributed by atoms with Gasteiger partial charge in [-0.1, -0.05) is 19.1 Å². The Labute approximate surface area is 95.8 Å². The molecule has 0 spiro atoms. The first kappa shape index (κ1) is 11.1. The van der Waals surface area contributed by atoms with Crippen molar-refractivity contribution in [3.63, 3.8) is 0 Å². The lowest BCUT2D eigenvalue weighted by Gasteiger charge is -2.31. The second-order valence-electron chi connectivity index (χ2n) is 4.27. The molecule has 1 unspecified atom stereocenters.